The fourth-order valence-electron chi connectivity index (χ4n) is 2.44. The molecule has 2 aromatic carbocycles. The number of alkyl halides is 3. The van der Waals surface area contributed by atoms with Gasteiger partial charge in [0.1, 0.15) is 0 Å². The largest absolute Gasteiger partial charge is 0.435 e. The Kier molecular flexibility index (Phi) is 4.41. The van der Waals surface area contributed by atoms with E-state index in [1.54, 1.807) is 23.9 Å². The van der Waals surface area contributed by atoms with Gasteiger partial charge in [-0.25, -0.2) is 4.68 Å². The molecule has 0 radical (unpaired) electrons. The first kappa shape index (κ1) is 16.6. The molecule has 0 aliphatic carbocycles. The van der Waals surface area contributed by atoms with Crippen LogP contribution in [0.25, 0.3) is 16.9 Å². The minimum absolute atomic E-state index is 0.417. The van der Waals surface area contributed by atoms with Gasteiger partial charge in [0, 0.05) is 10.5 Å². The first-order valence-corrected chi connectivity index (χ1v) is 8.49. The molecule has 3 rings (SSSR count). The Morgan fingerprint density at radius 1 is 1.00 bits per heavy atom. The maximum atomic E-state index is 13.1. The van der Waals surface area contributed by atoms with Crippen LogP contribution in [0.3, 0.4) is 0 Å². The van der Waals surface area contributed by atoms with Gasteiger partial charge >= 0.3 is 6.18 Å². The van der Waals surface area contributed by atoms with Gasteiger partial charge in [-0.05, 0) is 49.1 Å². The number of benzene rings is 2. The fourth-order valence-corrected chi connectivity index (χ4v) is 2.85. The average Bonchev–Trinajstić information content (AvgIpc) is 3.00. The molecule has 0 N–H and O–H groups in total. The number of rotatable bonds is 3. The van der Waals surface area contributed by atoms with Crippen molar-refractivity contribution in [2.24, 2.45) is 0 Å². The molecule has 6 heteroatoms. The van der Waals surface area contributed by atoms with Gasteiger partial charge in [-0.2, -0.15) is 18.3 Å². The quantitative estimate of drug-likeness (QED) is 0.574. The number of hydrogen-bond donors (Lipinski definition) is 0. The smallest absolute Gasteiger partial charge is 0.232 e. The van der Waals surface area contributed by atoms with Crippen LogP contribution in [0.2, 0.25) is 0 Å². The van der Waals surface area contributed by atoms with E-state index in [4.69, 9.17) is 0 Å². The Balaban J connectivity index is 2.17. The van der Waals surface area contributed by atoms with Crippen molar-refractivity contribution in [2.75, 3.05) is 6.26 Å². The number of hydrogen-bond acceptors (Lipinski definition) is 2. The molecule has 1 heterocycles. The first-order valence-electron chi connectivity index (χ1n) is 7.27. The minimum atomic E-state index is -4.48. The maximum Gasteiger partial charge on any atom is 0.435 e. The molecule has 1 aromatic heterocycles. The van der Waals surface area contributed by atoms with Gasteiger partial charge in [0.05, 0.1) is 11.4 Å². The van der Waals surface area contributed by atoms with Crippen molar-refractivity contribution < 1.29 is 13.2 Å². The van der Waals surface area contributed by atoms with E-state index >= 15 is 0 Å². The Hall–Kier alpha value is -2.21. The monoisotopic (exact) mass is 348 g/mol. The summed E-state index contributed by atoms with van der Waals surface area (Å²) >= 11 is 1.58. The Morgan fingerprint density at radius 3 is 2.29 bits per heavy atom. The highest BCUT2D eigenvalue weighted by Gasteiger charge is 2.35. The first-order chi connectivity index (χ1) is 11.4. The summed E-state index contributed by atoms with van der Waals surface area (Å²) < 4.78 is 40.7. The summed E-state index contributed by atoms with van der Waals surface area (Å²) in [6, 6.07) is 15.8. The van der Waals surface area contributed by atoms with Gasteiger partial charge < -0.3 is 0 Å². The van der Waals surface area contributed by atoms with Gasteiger partial charge in [-0.1, -0.05) is 24.3 Å². The highest BCUT2D eigenvalue weighted by atomic mass is 32.2. The number of aryl methyl sites for hydroxylation is 1. The fraction of sp³-hybridized carbons (Fsp3) is 0.167. The molecule has 0 aliphatic rings. The van der Waals surface area contributed by atoms with E-state index in [0.717, 1.165) is 16.5 Å². The topological polar surface area (TPSA) is 17.8 Å². The molecule has 0 spiro atoms. The normalized spacial score (nSPS) is 11.7. The Bertz CT molecular complexity index is 851. The molecule has 0 fully saturated rings. The zero-order valence-corrected chi connectivity index (χ0v) is 13.9. The lowest BCUT2D eigenvalue weighted by Gasteiger charge is -2.09. The van der Waals surface area contributed by atoms with Crippen LogP contribution in [0.4, 0.5) is 13.2 Å². The lowest BCUT2D eigenvalue weighted by Crippen LogP contribution is -2.07. The third kappa shape index (κ3) is 3.33. The molecule has 0 atom stereocenters. The van der Waals surface area contributed by atoms with Crippen LogP contribution in [0, 0.1) is 6.92 Å². The zero-order chi connectivity index (χ0) is 17.3. The molecule has 3 aromatic rings. The van der Waals surface area contributed by atoms with Gasteiger partial charge in [0.25, 0.3) is 0 Å². The summed E-state index contributed by atoms with van der Waals surface area (Å²) in [4.78, 5) is 1.05. The van der Waals surface area contributed by atoms with Crippen LogP contribution in [-0.4, -0.2) is 16.0 Å². The molecule has 2 nitrogen and oxygen atoms in total. The summed E-state index contributed by atoms with van der Waals surface area (Å²) in [5, 5.41) is 3.80. The van der Waals surface area contributed by atoms with E-state index in [-0.39, 0.29) is 0 Å². The second kappa shape index (κ2) is 6.36. The van der Waals surface area contributed by atoms with Crippen LogP contribution in [0.5, 0.6) is 0 Å². The second-order valence-corrected chi connectivity index (χ2v) is 6.27. The van der Waals surface area contributed by atoms with E-state index in [2.05, 4.69) is 5.10 Å². The van der Waals surface area contributed by atoms with Crippen LogP contribution >= 0.6 is 11.8 Å². The molecule has 0 aliphatic heterocycles. The SMILES string of the molecule is CSc1ccc(-c2cc(C(F)(F)F)nn2-c2cccc(C)c2)cc1. The molecule has 0 bridgehead atoms. The standard InChI is InChI=1S/C18H15F3N2S/c1-12-4-3-5-14(10-12)23-16(11-17(22-23)18(19,20)21)13-6-8-15(24-2)9-7-13/h3-11H,1-2H3. The third-order valence-electron chi connectivity index (χ3n) is 3.63. The van der Waals surface area contributed by atoms with Crippen molar-refractivity contribution in [3.8, 4) is 16.9 Å². The molecule has 0 amide bonds. The molecule has 0 unspecified atom stereocenters. The Morgan fingerprint density at radius 2 is 1.71 bits per heavy atom. The maximum absolute atomic E-state index is 13.1. The van der Waals surface area contributed by atoms with Crippen molar-refractivity contribution >= 4 is 11.8 Å². The second-order valence-electron chi connectivity index (χ2n) is 5.39. The number of aromatic nitrogens is 2. The third-order valence-corrected chi connectivity index (χ3v) is 4.38. The Labute approximate surface area is 142 Å². The van der Waals surface area contributed by atoms with Gasteiger partial charge in [-0.3, -0.25) is 0 Å². The highest BCUT2D eigenvalue weighted by Crippen LogP contribution is 2.33. The van der Waals surface area contributed by atoms with Crippen LogP contribution in [-0.2, 0) is 6.18 Å². The van der Waals surface area contributed by atoms with Gasteiger partial charge in [0.15, 0.2) is 5.69 Å². The van der Waals surface area contributed by atoms with Crippen molar-refractivity contribution in [2.45, 2.75) is 18.0 Å². The summed E-state index contributed by atoms with van der Waals surface area (Å²) in [6.07, 6.45) is -2.53. The minimum Gasteiger partial charge on any atom is -0.232 e. The molecular formula is C18H15F3N2S. The highest BCUT2D eigenvalue weighted by molar-refractivity contribution is 7.98. The summed E-state index contributed by atoms with van der Waals surface area (Å²) in [5.74, 6) is 0. The summed E-state index contributed by atoms with van der Waals surface area (Å²) in [6.45, 7) is 1.89. The molecule has 124 valence electrons. The number of thioether (sulfide) groups is 1. The molecular weight excluding hydrogens is 333 g/mol. The summed E-state index contributed by atoms with van der Waals surface area (Å²) in [7, 11) is 0. The van der Waals surface area contributed by atoms with Crippen LogP contribution in [0.15, 0.2) is 59.5 Å². The van der Waals surface area contributed by atoms with Crippen molar-refractivity contribution in [1.82, 2.24) is 9.78 Å². The van der Waals surface area contributed by atoms with E-state index in [1.165, 1.54) is 4.68 Å². The van der Waals surface area contributed by atoms with E-state index in [0.29, 0.717) is 16.9 Å². The molecule has 0 saturated carbocycles. The van der Waals surface area contributed by atoms with E-state index < -0.39 is 11.9 Å². The molecule has 24 heavy (non-hydrogen) atoms. The van der Waals surface area contributed by atoms with Crippen molar-refractivity contribution in [3.05, 3.63) is 65.9 Å². The predicted octanol–water partition coefficient (Wildman–Crippen LogP) is 5.59. The van der Waals surface area contributed by atoms with Crippen molar-refractivity contribution in [3.63, 3.8) is 0 Å². The zero-order valence-electron chi connectivity index (χ0n) is 13.1. The van der Waals surface area contributed by atoms with Gasteiger partial charge in [-0.15, -0.1) is 11.8 Å². The number of halogens is 3. The predicted molar refractivity (Wildman–Crippen MR) is 90.5 cm³/mol. The van der Waals surface area contributed by atoms with Crippen molar-refractivity contribution in [1.29, 1.82) is 0 Å². The molecule has 0 saturated heterocycles. The lowest BCUT2D eigenvalue weighted by molar-refractivity contribution is -0.141. The van der Waals surface area contributed by atoms with E-state index in [9.17, 15) is 13.2 Å². The van der Waals surface area contributed by atoms with E-state index in [1.807, 2.05) is 49.6 Å². The number of nitrogens with zero attached hydrogens (tertiary/aromatic N) is 2. The summed E-state index contributed by atoms with van der Waals surface area (Å²) in [5.41, 5.74) is 1.78. The average molecular weight is 348 g/mol. The lowest BCUT2D eigenvalue weighted by atomic mass is 10.1. The van der Waals surface area contributed by atoms with Crippen LogP contribution in [0.1, 0.15) is 11.3 Å². The van der Waals surface area contributed by atoms with Crippen LogP contribution < -0.4 is 0 Å². The van der Waals surface area contributed by atoms with Gasteiger partial charge in [0.2, 0.25) is 0 Å².